The maximum atomic E-state index is 12.2. The molecule has 0 unspecified atom stereocenters. The number of benzene rings is 1. The molecule has 1 aliphatic rings. The van der Waals surface area contributed by atoms with Crippen LogP contribution in [0.15, 0.2) is 24.3 Å². The minimum Gasteiger partial charge on any atom is -0.356 e. The number of carbonyl (C=O) groups excluding carboxylic acids is 1. The summed E-state index contributed by atoms with van der Waals surface area (Å²) in [5.74, 6) is 0.103. The van der Waals surface area contributed by atoms with Crippen molar-refractivity contribution in [3.8, 4) is 0 Å². The number of nitrogens with zero attached hydrogens (tertiary/aromatic N) is 1. The van der Waals surface area contributed by atoms with Gasteiger partial charge in [-0.25, -0.2) is 12.7 Å². The van der Waals surface area contributed by atoms with Crippen LogP contribution >= 0.6 is 11.6 Å². The molecule has 24 heavy (non-hydrogen) atoms. The van der Waals surface area contributed by atoms with Gasteiger partial charge in [0.1, 0.15) is 0 Å². The summed E-state index contributed by atoms with van der Waals surface area (Å²) >= 11 is 5.94. The van der Waals surface area contributed by atoms with E-state index in [2.05, 4.69) is 5.32 Å². The van der Waals surface area contributed by atoms with Crippen molar-refractivity contribution in [2.75, 3.05) is 25.4 Å². The third-order valence-electron chi connectivity index (χ3n) is 4.28. The fourth-order valence-electron chi connectivity index (χ4n) is 2.95. The van der Waals surface area contributed by atoms with E-state index in [1.54, 1.807) is 0 Å². The SMILES string of the molecule is CCCS(=O)(=O)N1CCC(C(=O)NCCc2cccc(Cl)c2)CC1. The number of hydrogen-bond donors (Lipinski definition) is 1. The predicted octanol–water partition coefficient (Wildman–Crippen LogP) is 2.45. The Morgan fingerprint density at radius 1 is 1.33 bits per heavy atom. The Kier molecular flexibility index (Phi) is 7.07. The zero-order valence-corrected chi connectivity index (χ0v) is 15.6. The van der Waals surface area contributed by atoms with Crippen LogP contribution in [0.4, 0.5) is 0 Å². The lowest BCUT2D eigenvalue weighted by molar-refractivity contribution is -0.126. The molecule has 1 fully saturated rings. The number of halogens is 1. The first-order valence-corrected chi connectivity index (χ1v) is 10.4. The summed E-state index contributed by atoms with van der Waals surface area (Å²) < 4.78 is 25.6. The minimum absolute atomic E-state index is 0.0181. The van der Waals surface area contributed by atoms with Gasteiger partial charge in [-0.1, -0.05) is 30.7 Å². The Labute approximate surface area is 149 Å². The Hall–Kier alpha value is -1.11. The van der Waals surface area contributed by atoms with Crippen molar-refractivity contribution in [1.29, 1.82) is 0 Å². The summed E-state index contributed by atoms with van der Waals surface area (Å²) in [7, 11) is -3.15. The molecule has 1 aliphatic heterocycles. The van der Waals surface area contributed by atoms with Crippen molar-refractivity contribution in [2.24, 2.45) is 5.92 Å². The van der Waals surface area contributed by atoms with E-state index in [-0.39, 0.29) is 17.6 Å². The predicted molar refractivity (Wildman–Crippen MR) is 96.5 cm³/mol. The van der Waals surface area contributed by atoms with E-state index in [1.807, 2.05) is 31.2 Å². The van der Waals surface area contributed by atoms with Crippen LogP contribution < -0.4 is 5.32 Å². The van der Waals surface area contributed by atoms with E-state index in [1.165, 1.54) is 4.31 Å². The Balaban J connectivity index is 1.75. The molecule has 2 rings (SSSR count). The molecule has 1 aromatic carbocycles. The number of amides is 1. The zero-order chi connectivity index (χ0) is 17.6. The molecule has 1 N–H and O–H groups in total. The first kappa shape index (κ1) is 19.2. The van der Waals surface area contributed by atoms with Gasteiger partial charge in [-0.15, -0.1) is 0 Å². The number of hydrogen-bond acceptors (Lipinski definition) is 3. The standard InChI is InChI=1S/C17H25ClN2O3S/c1-2-12-24(22,23)20-10-7-15(8-11-20)17(21)19-9-6-14-4-3-5-16(18)13-14/h3-5,13,15H,2,6-12H2,1H3,(H,19,21). The highest BCUT2D eigenvalue weighted by Gasteiger charge is 2.30. The maximum absolute atomic E-state index is 12.2. The molecule has 5 nitrogen and oxygen atoms in total. The highest BCUT2D eigenvalue weighted by atomic mass is 35.5. The Morgan fingerprint density at radius 2 is 2.04 bits per heavy atom. The Morgan fingerprint density at radius 3 is 2.67 bits per heavy atom. The normalized spacial score (nSPS) is 16.9. The molecule has 0 aromatic heterocycles. The van der Waals surface area contributed by atoms with Crippen molar-refractivity contribution >= 4 is 27.5 Å². The van der Waals surface area contributed by atoms with Gasteiger partial charge in [-0.2, -0.15) is 0 Å². The second kappa shape index (κ2) is 8.83. The first-order chi connectivity index (χ1) is 11.4. The Bertz CT molecular complexity index is 656. The molecule has 134 valence electrons. The number of piperidine rings is 1. The molecule has 1 heterocycles. The largest absolute Gasteiger partial charge is 0.356 e. The van der Waals surface area contributed by atoms with Gasteiger partial charge in [0.2, 0.25) is 15.9 Å². The van der Waals surface area contributed by atoms with Crippen LogP contribution in [0.3, 0.4) is 0 Å². The molecular weight excluding hydrogens is 348 g/mol. The van der Waals surface area contributed by atoms with E-state index in [0.717, 1.165) is 12.0 Å². The smallest absolute Gasteiger partial charge is 0.223 e. The van der Waals surface area contributed by atoms with Gasteiger partial charge in [-0.3, -0.25) is 4.79 Å². The number of rotatable bonds is 7. The van der Waals surface area contributed by atoms with Crippen molar-refractivity contribution in [1.82, 2.24) is 9.62 Å². The van der Waals surface area contributed by atoms with E-state index >= 15 is 0 Å². The molecule has 0 radical (unpaired) electrons. The van der Waals surface area contributed by atoms with Crippen LogP contribution in [0.25, 0.3) is 0 Å². The third-order valence-corrected chi connectivity index (χ3v) is 6.59. The van der Waals surface area contributed by atoms with E-state index in [9.17, 15) is 13.2 Å². The molecular formula is C17H25ClN2O3S. The van der Waals surface area contributed by atoms with Gasteiger partial charge < -0.3 is 5.32 Å². The third kappa shape index (κ3) is 5.46. The van der Waals surface area contributed by atoms with Crippen LogP contribution in [-0.2, 0) is 21.2 Å². The number of sulfonamides is 1. The first-order valence-electron chi connectivity index (χ1n) is 8.42. The lowest BCUT2D eigenvalue weighted by Gasteiger charge is -2.30. The molecule has 0 saturated carbocycles. The molecule has 0 aliphatic carbocycles. The van der Waals surface area contributed by atoms with Crippen LogP contribution in [0, 0.1) is 5.92 Å². The molecule has 0 bridgehead atoms. The van der Waals surface area contributed by atoms with Crippen molar-refractivity contribution in [3.63, 3.8) is 0 Å². The monoisotopic (exact) mass is 372 g/mol. The average Bonchev–Trinajstić information content (AvgIpc) is 2.55. The molecule has 7 heteroatoms. The fourth-order valence-corrected chi connectivity index (χ4v) is 4.70. The van der Waals surface area contributed by atoms with Crippen LogP contribution in [0.5, 0.6) is 0 Å². The highest BCUT2D eigenvalue weighted by Crippen LogP contribution is 2.20. The maximum Gasteiger partial charge on any atom is 0.223 e. The second-order valence-electron chi connectivity index (χ2n) is 6.16. The number of nitrogens with one attached hydrogen (secondary N) is 1. The topological polar surface area (TPSA) is 66.5 Å². The molecule has 1 aromatic rings. The summed E-state index contributed by atoms with van der Waals surface area (Å²) in [6, 6.07) is 7.59. The van der Waals surface area contributed by atoms with Crippen LogP contribution in [0.1, 0.15) is 31.7 Å². The average molecular weight is 373 g/mol. The minimum atomic E-state index is -3.15. The van der Waals surface area contributed by atoms with Gasteiger partial charge >= 0.3 is 0 Å². The molecule has 1 saturated heterocycles. The summed E-state index contributed by atoms with van der Waals surface area (Å²) in [5.41, 5.74) is 1.09. The zero-order valence-electron chi connectivity index (χ0n) is 14.0. The van der Waals surface area contributed by atoms with Gasteiger partial charge in [0.25, 0.3) is 0 Å². The van der Waals surface area contributed by atoms with Crippen LogP contribution in [-0.4, -0.2) is 44.0 Å². The lowest BCUT2D eigenvalue weighted by Crippen LogP contribution is -2.44. The number of carbonyl (C=O) groups is 1. The summed E-state index contributed by atoms with van der Waals surface area (Å²) in [6.45, 7) is 3.30. The lowest BCUT2D eigenvalue weighted by atomic mass is 9.97. The molecule has 0 spiro atoms. The van der Waals surface area contributed by atoms with Gasteiger partial charge in [0.05, 0.1) is 5.75 Å². The molecule has 1 amide bonds. The van der Waals surface area contributed by atoms with Crippen molar-refractivity contribution in [2.45, 2.75) is 32.6 Å². The summed E-state index contributed by atoms with van der Waals surface area (Å²) in [4.78, 5) is 12.2. The fraction of sp³-hybridized carbons (Fsp3) is 0.588. The molecule has 0 atom stereocenters. The van der Waals surface area contributed by atoms with Crippen molar-refractivity contribution < 1.29 is 13.2 Å². The van der Waals surface area contributed by atoms with Gasteiger partial charge in [-0.05, 0) is 43.4 Å². The van der Waals surface area contributed by atoms with E-state index < -0.39 is 10.0 Å². The van der Waals surface area contributed by atoms with E-state index in [0.29, 0.717) is 43.9 Å². The summed E-state index contributed by atoms with van der Waals surface area (Å²) in [6.07, 6.45) is 2.53. The van der Waals surface area contributed by atoms with Crippen molar-refractivity contribution in [3.05, 3.63) is 34.9 Å². The second-order valence-corrected chi connectivity index (χ2v) is 8.69. The van der Waals surface area contributed by atoms with E-state index in [4.69, 9.17) is 11.6 Å². The van der Waals surface area contributed by atoms with Gasteiger partial charge in [0, 0.05) is 30.6 Å². The quantitative estimate of drug-likeness (QED) is 0.799. The van der Waals surface area contributed by atoms with Crippen LogP contribution in [0.2, 0.25) is 5.02 Å². The van der Waals surface area contributed by atoms with Gasteiger partial charge in [0.15, 0.2) is 0 Å². The highest BCUT2D eigenvalue weighted by molar-refractivity contribution is 7.89. The summed E-state index contributed by atoms with van der Waals surface area (Å²) in [5, 5.41) is 3.64.